The summed E-state index contributed by atoms with van der Waals surface area (Å²) in [7, 11) is 0. The second-order valence-electron chi connectivity index (χ2n) is 4.72. The van der Waals surface area contributed by atoms with Gasteiger partial charge in [-0.2, -0.15) is 0 Å². The second-order valence-corrected chi connectivity index (χ2v) is 5.13. The molecule has 2 aromatic rings. The molecule has 4 heteroatoms. The quantitative estimate of drug-likeness (QED) is 0.905. The molecule has 1 aromatic heterocycles. The highest BCUT2D eigenvalue weighted by Gasteiger charge is 2.10. The Morgan fingerprint density at radius 3 is 2.55 bits per heavy atom. The van der Waals surface area contributed by atoms with E-state index in [1.807, 2.05) is 26.0 Å². The molecule has 20 heavy (non-hydrogen) atoms. The Morgan fingerprint density at radius 1 is 1.25 bits per heavy atom. The Balaban J connectivity index is 2.30. The van der Waals surface area contributed by atoms with Gasteiger partial charge in [-0.25, -0.2) is 0 Å². The lowest BCUT2D eigenvalue weighted by molar-refractivity contribution is 0.199. The Morgan fingerprint density at radius 2 is 1.95 bits per heavy atom. The number of aliphatic hydroxyl groups is 1. The number of aliphatic hydroxyl groups excluding tert-OH is 1. The molecular formula is C16H18ClNO2. The van der Waals surface area contributed by atoms with Gasteiger partial charge in [0.05, 0.1) is 16.8 Å². The van der Waals surface area contributed by atoms with E-state index in [-0.39, 0.29) is 0 Å². The average Bonchev–Trinajstić information content (AvgIpc) is 2.42. The number of benzene rings is 1. The largest absolute Gasteiger partial charge is 0.454 e. The van der Waals surface area contributed by atoms with Gasteiger partial charge in [0, 0.05) is 5.69 Å². The van der Waals surface area contributed by atoms with Gasteiger partial charge in [-0.1, -0.05) is 24.6 Å². The third kappa shape index (κ3) is 3.30. The van der Waals surface area contributed by atoms with E-state index in [1.165, 1.54) is 0 Å². The molecule has 0 bridgehead atoms. The van der Waals surface area contributed by atoms with Gasteiger partial charge in [0.25, 0.3) is 0 Å². The van der Waals surface area contributed by atoms with E-state index in [1.54, 1.807) is 25.1 Å². The molecule has 2 rings (SSSR count). The average molecular weight is 292 g/mol. The van der Waals surface area contributed by atoms with E-state index in [2.05, 4.69) is 4.98 Å². The Labute approximate surface area is 124 Å². The highest BCUT2D eigenvalue weighted by molar-refractivity contribution is 6.32. The first-order valence-electron chi connectivity index (χ1n) is 6.63. The van der Waals surface area contributed by atoms with E-state index < -0.39 is 6.10 Å². The van der Waals surface area contributed by atoms with Crippen molar-refractivity contribution in [2.45, 2.75) is 33.3 Å². The lowest BCUT2D eigenvalue weighted by atomic mass is 10.1. The number of nitrogens with zero attached hydrogens (tertiary/aromatic N) is 1. The molecule has 1 heterocycles. The fourth-order valence-electron chi connectivity index (χ4n) is 1.92. The molecule has 0 aliphatic heterocycles. The van der Waals surface area contributed by atoms with Crippen LogP contribution in [0, 0.1) is 6.92 Å². The van der Waals surface area contributed by atoms with Crippen LogP contribution in [-0.4, -0.2) is 10.1 Å². The molecule has 0 radical (unpaired) electrons. The van der Waals surface area contributed by atoms with Crippen LogP contribution in [0.15, 0.2) is 30.3 Å². The van der Waals surface area contributed by atoms with E-state index in [0.29, 0.717) is 16.5 Å². The first-order valence-corrected chi connectivity index (χ1v) is 7.01. The van der Waals surface area contributed by atoms with Crippen LogP contribution < -0.4 is 4.74 Å². The predicted molar refractivity (Wildman–Crippen MR) is 80.5 cm³/mol. The summed E-state index contributed by atoms with van der Waals surface area (Å²) in [5.74, 6) is 1.28. The molecule has 0 aliphatic rings. The molecule has 106 valence electrons. The molecule has 0 spiro atoms. The van der Waals surface area contributed by atoms with Crippen molar-refractivity contribution in [1.29, 1.82) is 0 Å². The summed E-state index contributed by atoms with van der Waals surface area (Å²) in [6, 6.07) is 9.10. The van der Waals surface area contributed by atoms with Crippen molar-refractivity contribution < 1.29 is 9.84 Å². The van der Waals surface area contributed by atoms with Gasteiger partial charge in [-0.05, 0) is 50.1 Å². The van der Waals surface area contributed by atoms with Crippen molar-refractivity contribution in [2.75, 3.05) is 0 Å². The summed E-state index contributed by atoms with van der Waals surface area (Å²) in [6.45, 7) is 5.69. The summed E-state index contributed by atoms with van der Waals surface area (Å²) >= 11 is 6.19. The number of rotatable bonds is 4. The molecule has 1 aromatic carbocycles. The maximum absolute atomic E-state index is 9.53. The van der Waals surface area contributed by atoms with Crippen molar-refractivity contribution in [1.82, 2.24) is 4.98 Å². The normalized spacial score (nSPS) is 12.2. The molecule has 0 saturated carbocycles. The number of hydrogen-bond acceptors (Lipinski definition) is 3. The van der Waals surface area contributed by atoms with Crippen LogP contribution in [-0.2, 0) is 6.42 Å². The van der Waals surface area contributed by atoms with E-state index in [0.717, 1.165) is 23.4 Å². The maximum atomic E-state index is 9.53. The maximum Gasteiger partial charge on any atom is 0.148 e. The number of halogens is 1. The zero-order valence-electron chi connectivity index (χ0n) is 11.9. The smallest absolute Gasteiger partial charge is 0.148 e. The lowest BCUT2D eigenvalue weighted by Gasteiger charge is -2.13. The van der Waals surface area contributed by atoms with Gasteiger partial charge in [-0.15, -0.1) is 0 Å². The summed E-state index contributed by atoms with van der Waals surface area (Å²) in [6.07, 6.45) is 0.245. The molecule has 1 atom stereocenters. The van der Waals surface area contributed by atoms with Crippen molar-refractivity contribution >= 4 is 11.6 Å². The van der Waals surface area contributed by atoms with E-state index >= 15 is 0 Å². The minimum atomic E-state index is -0.547. The first kappa shape index (κ1) is 14.8. The van der Waals surface area contributed by atoms with Crippen molar-refractivity contribution in [3.63, 3.8) is 0 Å². The van der Waals surface area contributed by atoms with Crippen LogP contribution >= 0.6 is 11.6 Å². The van der Waals surface area contributed by atoms with Crippen LogP contribution in [0.5, 0.6) is 11.5 Å². The summed E-state index contributed by atoms with van der Waals surface area (Å²) in [5, 5.41) is 10.0. The van der Waals surface area contributed by atoms with Crippen molar-refractivity contribution in [3.8, 4) is 11.5 Å². The van der Waals surface area contributed by atoms with Gasteiger partial charge < -0.3 is 9.84 Å². The van der Waals surface area contributed by atoms with Crippen LogP contribution in [0.1, 0.15) is 36.9 Å². The van der Waals surface area contributed by atoms with Gasteiger partial charge in [0.1, 0.15) is 11.5 Å². The predicted octanol–water partition coefficient (Wildman–Crippen LogP) is 4.45. The lowest BCUT2D eigenvalue weighted by Crippen LogP contribution is -1.97. The van der Waals surface area contributed by atoms with Crippen molar-refractivity contribution in [2.24, 2.45) is 0 Å². The molecule has 3 nitrogen and oxygen atoms in total. The summed E-state index contributed by atoms with van der Waals surface area (Å²) in [4.78, 5) is 4.46. The highest BCUT2D eigenvalue weighted by atomic mass is 35.5. The highest BCUT2D eigenvalue weighted by Crippen LogP contribution is 2.33. The molecule has 1 N–H and O–H groups in total. The molecule has 0 aliphatic carbocycles. The molecule has 0 saturated heterocycles. The zero-order valence-corrected chi connectivity index (χ0v) is 12.6. The topological polar surface area (TPSA) is 42.4 Å². The third-order valence-electron chi connectivity index (χ3n) is 3.06. The molecule has 0 fully saturated rings. The summed E-state index contributed by atoms with van der Waals surface area (Å²) < 4.78 is 5.84. The zero-order chi connectivity index (χ0) is 14.7. The van der Waals surface area contributed by atoms with Gasteiger partial charge >= 0.3 is 0 Å². The molecular weight excluding hydrogens is 274 g/mol. The Bertz CT molecular complexity index is 611. The fraction of sp³-hybridized carbons (Fsp3) is 0.312. The van der Waals surface area contributed by atoms with Crippen molar-refractivity contribution in [3.05, 3.63) is 52.3 Å². The van der Waals surface area contributed by atoms with E-state index in [9.17, 15) is 5.11 Å². The number of hydrogen-bond donors (Lipinski definition) is 1. The number of ether oxygens (including phenoxy) is 1. The van der Waals surface area contributed by atoms with Gasteiger partial charge in [-0.3, -0.25) is 4.98 Å². The Hall–Kier alpha value is -1.58. The van der Waals surface area contributed by atoms with Gasteiger partial charge in [0.2, 0.25) is 0 Å². The monoisotopic (exact) mass is 291 g/mol. The molecule has 1 unspecified atom stereocenters. The SMILES string of the molecule is CCc1nc(C)ccc1Oc1ccc(C(C)O)cc1Cl. The van der Waals surface area contributed by atoms with Crippen LogP contribution in [0.4, 0.5) is 0 Å². The van der Waals surface area contributed by atoms with Gasteiger partial charge in [0.15, 0.2) is 0 Å². The minimum absolute atomic E-state index is 0.478. The minimum Gasteiger partial charge on any atom is -0.454 e. The number of pyridine rings is 1. The standard InChI is InChI=1S/C16H18ClNO2/c1-4-14-16(7-5-10(2)18-14)20-15-8-6-12(11(3)19)9-13(15)17/h5-9,11,19H,4H2,1-3H3. The van der Waals surface area contributed by atoms with E-state index in [4.69, 9.17) is 16.3 Å². The fourth-order valence-corrected chi connectivity index (χ4v) is 2.15. The first-order chi connectivity index (χ1) is 9.51. The second kappa shape index (κ2) is 6.25. The Kier molecular flexibility index (Phi) is 4.63. The number of aryl methyl sites for hydroxylation is 2. The van der Waals surface area contributed by atoms with Crippen LogP contribution in [0.25, 0.3) is 0 Å². The third-order valence-corrected chi connectivity index (χ3v) is 3.36. The van der Waals surface area contributed by atoms with Crippen LogP contribution in [0.3, 0.4) is 0 Å². The molecule has 0 amide bonds. The van der Waals surface area contributed by atoms with Crippen LogP contribution in [0.2, 0.25) is 5.02 Å². The summed E-state index contributed by atoms with van der Waals surface area (Å²) in [5.41, 5.74) is 2.63. The number of aromatic nitrogens is 1.